The number of hydrogen-bond donors (Lipinski definition) is 1. The van der Waals surface area contributed by atoms with E-state index in [4.69, 9.17) is 14.8 Å². The van der Waals surface area contributed by atoms with Gasteiger partial charge in [0.1, 0.15) is 24.0 Å². The van der Waals surface area contributed by atoms with Gasteiger partial charge in [0, 0.05) is 50.2 Å². The molecule has 1 fully saturated rings. The van der Waals surface area contributed by atoms with Gasteiger partial charge in [-0.3, -0.25) is 4.79 Å². The standard InChI is InChI=1S/C26H31FN6O2/c1-4-19-14-25-31(3)12-10-28-17(2)16-35-23-9-8-18(27)13-20(23)26(34)32-11-6-5-7-22(32)21-15-24(29-19)33(25)30-21/h8-9,13-15,22,28H,2,4-7,10-12,16H2,1,3H3. The molecule has 0 saturated carbocycles. The van der Waals surface area contributed by atoms with Crippen LogP contribution in [0, 0.1) is 5.82 Å². The summed E-state index contributed by atoms with van der Waals surface area (Å²) in [6.07, 6.45) is 3.46. The summed E-state index contributed by atoms with van der Waals surface area (Å²) < 4.78 is 22.0. The Balaban J connectivity index is 1.64. The maximum absolute atomic E-state index is 14.2. The highest BCUT2D eigenvalue weighted by Gasteiger charge is 2.32. The number of likely N-dealkylation sites (N-methyl/N-ethyl adjacent to an activating group) is 1. The molecule has 1 saturated heterocycles. The monoisotopic (exact) mass is 478 g/mol. The van der Waals surface area contributed by atoms with E-state index in [-0.39, 0.29) is 24.1 Å². The summed E-state index contributed by atoms with van der Waals surface area (Å²) in [5.41, 5.74) is 3.43. The fourth-order valence-electron chi connectivity index (χ4n) is 4.81. The van der Waals surface area contributed by atoms with Crippen molar-refractivity contribution in [1.29, 1.82) is 0 Å². The third-order valence-electron chi connectivity index (χ3n) is 6.73. The van der Waals surface area contributed by atoms with E-state index < -0.39 is 5.82 Å². The molecule has 2 aliphatic rings. The molecule has 184 valence electrons. The predicted molar refractivity (Wildman–Crippen MR) is 132 cm³/mol. The van der Waals surface area contributed by atoms with E-state index in [1.807, 2.05) is 17.6 Å². The first-order chi connectivity index (χ1) is 16.9. The maximum Gasteiger partial charge on any atom is 0.258 e. The van der Waals surface area contributed by atoms with Crippen molar-refractivity contribution in [3.8, 4) is 5.75 Å². The fourth-order valence-corrected chi connectivity index (χ4v) is 4.81. The molecular weight excluding hydrogens is 447 g/mol. The van der Waals surface area contributed by atoms with Gasteiger partial charge in [0.15, 0.2) is 5.65 Å². The minimum Gasteiger partial charge on any atom is -0.487 e. The third-order valence-corrected chi connectivity index (χ3v) is 6.73. The van der Waals surface area contributed by atoms with Gasteiger partial charge in [-0.05, 0) is 43.9 Å². The van der Waals surface area contributed by atoms with Crippen LogP contribution in [0.25, 0.3) is 5.65 Å². The van der Waals surface area contributed by atoms with Crippen molar-refractivity contribution < 1.29 is 13.9 Å². The molecule has 9 heteroatoms. The molecule has 35 heavy (non-hydrogen) atoms. The average molecular weight is 479 g/mol. The Hall–Kier alpha value is -3.62. The number of amides is 1. The number of hydrogen-bond acceptors (Lipinski definition) is 6. The van der Waals surface area contributed by atoms with E-state index in [0.717, 1.165) is 48.5 Å². The summed E-state index contributed by atoms with van der Waals surface area (Å²) in [4.78, 5) is 22.5. The zero-order chi connectivity index (χ0) is 24.5. The van der Waals surface area contributed by atoms with Crippen LogP contribution in [-0.2, 0) is 6.42 Å². The highest BCUT2D eigenvalue weighted by Crippen LogP contribution is 2.34. The van der Waals surface area contributed by atoms with Crippen molar-refractivity contribution >= 4 is 17.4 Å². The smallest absolute Gasteiger partial charge is 0.258 e. The van der Waals surface area contributed by atoms with Crippen molar-refractivity contribution in [3.05, 3.63) is 65.4 Å². The second-order valence-electron chi connectivity index (χ2n) is 9.19. The normalized spacial score (nSPS) is 19.3. The number of aryl methyl sites for hydroxylation is 1. The fraction of sp³-hybridized carbons (Fsp3) is 0.423. The zero-order valence-corrected chi connectivity index (χ0v) is 20.3. The lowest BCUT2D eigenvalue weighted by atomic mass is 9.98. The van der Waals surface area contributed by atoms with E-state index in [2.05, 4.69) is 29.8 Å². The molecule has 1 unspecified atom stereocenters. The van der Waals surface area contributed by atoms with Gasteiger partial charge >= 0.3 is 0 Å². The zero-order valence-electron chi connectivity index (χ0n) is 20.3. The van der Waals surface area contributed by atoms with Crippen LogP contribution in [0.4, 0.5) is 10.2 Å². The average Bonchev–Trinajstić information content (AvgIpc) is 3.30. The Morgan fingerprint density at radius 1 is 1.23 bits per heavy atom. The molecule has 0 spiro atoms. The molecule has 2 aromatic heterocycles. The van der Waals surface area contributed by atoms with Crippen LogP contribution >= 0.6 is 0 Å². The summed E-state index contributed by atoms with van der Waals surface area (Å²) in [5, 5.41) is 8.21. The first-order valence-corrected chi connectivity index (χ1v) is 12.2. The van der Waals surface area contributed by atoms with E-state index in [0.29, 0.717) is 31.1 Å². The van der Waals surface area contributed by atoms with E-state index in [9.17, 15) is 9.18 Å². The van der Waals surface area contributed by atoms with Crippen LogP contribution < -0.4 is 15.0 Å². The molecule has 2 aliphatic heterocycles. The second-order valence-corrected chi connectivity index (χ2v) is 9.19. The minimum atomic E-state index is -0.475. The number of nitrogens with zero attached hydrogens (tertiary/aromatic N) is 5. The number of fused-ring (bicyclic) bond motifs is 4. The van der Waals surface area contributed by atoms with Gasteiger partial charge in [0.05, 0.1) is 17.3 Å². The highest BCUT2D eigenvalue weighted by molar-refractivity contribution is 5.97. The van der Waals surface area contributed by atoms with Crippen LogP contribution in [0.2, 0.25) is 0 Å². The topological polar surface area (TPSA) is 75.0 Å². The lowest BCUT2D eigenvalue weighted by molar-refractivity contribution is 0.0601. The molecule has 5 rings (SSSR count). The Labute approximate surface area is 204 Å². The number of nitrogens with one attached hydrogen (secondary N) is 1. The lowest BCUT2D eigenvalue weighted by Gasteiger charge is -2.35. The molecule has 0 radical (unpaired) electrons. The molecule has 4 heterocycles. The summed E-state index contributed by atoms with van der Waals surface area (Å²) >= 11 is 0. The van der Waals surface area contributed by atoms with Crippen molar-refractivity contribution in [2.75, 3.05) is 38.2 Å². The first kappa shape index (κ1) is 23.1. The summed E-state index contributed by atoms with van der Waals surface area (Å²) in [6, 6.07) is 7.90. The number of carbonyl (C=O) groups excluding carboxylic acids is 1. The van der Waals surface area contributed by atoms with E-state index in [1.165, 1.54) is 18.2 Å². The molecule has 1 amide bonds. The van der Waals surface area contributed by atoms with Gasteiger partial charge in [-0.25, -0.2) is 9.37 Å². The maximum atomic E-state index is 14.2. The molecule has 0 aliphatic carbocycles. The number of carbonyl (C=O) groups is 1. The molecular formula is C26H31FN6O2. The van der Waals surface area contributed by atoms with Gasteiger partial charge in [0.25, 0.3) is 5.91 Å². The molecule has 2 bridgehead atoms. The van der Waals surface area contributed by atoms with Crippen LogP contribution in [0.5, 0.6) is 5.75 Å². The number of piperidine rings is 1. The summed E-state index contributed by atoms with van der Waals surface area (Å²) in [5.74, 6) is 0.554. The number of anilines is 1. The predicted octanol–water partition coefficient (Wildman–Crippen LogP) is 3.73. The van der Waals surface area contributed by atoms with Crippen molar-refractivity contribution in [1.82, 2.24) is 24.8 Å². The van der Waals surface area contributed by atoms with Gasteiger partial charge in [-0.2, -0.15) is 9.61 Å². The van der Waals surface area contributed by atoms with E-state index >= 15 is 0 Å². The van der Waals surface area contributed by atoms with Gasteiger partial charge in [-0.15, -0.1) is 0 Å². The van der Waals surface area contributed by atoms with Crippen molar-refractivity contribution in [2.45, 2.75) is 38.6 Å². The SMILES string of the molecule is C=C1COc2ccc(F)cc2C(=O)N2CCCCC2c2cc3nc(CC)cc(n3n2)N(C)CCN1. The number of ether oxygens (including phenoxy) is 1. The van der Waals surface area contributed by atoms with Crippen molar-refractivity contribution in [3.63, 3.8) is 0 Å². The summed E-state index contributed by atoms with van der Waals surface area (Å²) in [6.45, 7) is 8.23. The van der Waals surface area contributed by atoms with Crippen LogP contribution in [0.15, 0.2) is 42.6 Å². The summed E-state index contributed by atoms with van der Waals surface area (Å²) in [7, 11) is 2.03. The Morgan fingerprint density at radius 2 is 2.09 bits per heavy atom. The second kappa shape index (κ2) is 9.56. The third kappa shape index (κ3) is 4.54. The molecule has 1 aromatic carbocycles. The molecule has 1 N–H and O–H groups in total. The van der Waals surface area contributed by atoms with Crippen molar-refractivity contribution in [2.24, 2.45) is 0 Å². The number of halogens is 1. The quantitative estimate of drug-likeness (QED) is 0.575. The Kier molecular flexibility index (Phi) is 6.32. The van der Waals surface area contributed by atoms with E-state index in [1.54, 1.807) is 4.90 Å². The molecule has 8 nitrogen and oxygen atoms in total. The Morgan fingerprint density at radius 3 is 2.91 bits per heavy atom. The Bertz CT molecular complexity index is 1270. The number of benzene rings is 1. The highest BCUT2D eigenvalue weighted by atomic mass is 19.1. The molecule has 1 atom stereocenters. The lowest BCUT2D eigenvalue weighted by Crippen LogP contribution is -2.39. The minimum absolute atomic E-state index is 0.179. The molecule has 3 aromatic rings. The van der Waals surface area contributed by atoms with Crippen LogP contribution in [0.3, 0.4) is 0 Å². The number of aromatic nitrogens is 3. The van der Waals surface area contributed by atoms with Crippen LogP contribution in [-0.4, -0.2) is 58.7 Å². The van der Waals surface area contributed by atoms with Gasteiger partial charge < -0.3 is 19.9 Å². The van der Waals surface area contributed by atoms with Gasteiger partial charge in [-0.1, -0.05) is 13.5 Å². The van der Waals surface area contributed by atoms with Gasteiger partial charge in [0.2, 0.25) is 0 Å². The van der Waals surface area contributed by atoms with Crippen LogP contribution in [0.1, 0.15) is 54.0 Å². The first-order valence-electron chi connectivity index (χ1n) is 12.2. The largest absolute Gasteiger partial charge is 0.487 e. The number of rotatable bonds is 1.